The fraction of sp³-hybridized carbons (Fsp3) is 0.111. The molecule has 3 aromatic rings. The van der Waals surface area contributed by atoms with Crippen molar-refractivity contribution in [1.82, 2.24) is 19.5 Å². The zero-order valence-corrected chi connectivity index (χ0v) is 18.3. The molecule has 0 aliphatic rings. The van der Waals surface area contributed by atoms with Crippen molar-refractivity contribution in [1.29, 1.82) is 0 Å². The van der Waals surface area contributed by atoms with E-state index >= 15 is 0 Å². The van der Waals surface area contributed by atoms with Crippen molar-refractivity contribution >= 4 is 45.0 Å². The zero-order chi connectivity index (χ0) is 23.5. The van der Waals surface area contributed by atoms with Gasteiger partial charge >= 0.3 is 0 Å². The third-order valence-corrected chi connectivity index (χ3v) is 6.56. The number of hydrogen-bond acceptors (Lipinski definition) is 9. The Balaban J connectivity index is 1.79. The molecule has 0 aliphatic carbocycles. The highest BCUT2D eigenvalue weighted by Gasteiger charge is 2.20. The molecule has 0 saturated carbocycles. The molecule has 166 valence electrons. The van der Waals surface area contributed by atoms with Crippen LogP contribution < -0.4 is 10.0 Å². The number of nitrogens with one attached hydrogen (secondary N) is 2. The van der Waals surface area contributed by atoms with Crippen LogP contribution in [0.5, 0.6) is 0 Å². The van der Waals surface area contributed by atoms with Gasteiger partial charge < -0.3 is 9.88 Å². The maximum atomic E-state index is 12.6. The molecule has 12 nitrogen and oxygen atoms in total. The summed E-state index contributed by atoms with van der Waals surface area (Å²) in [7, 11) is -2.31. The van der Waals surface area contributed by atoms with E-state index in [1.165, 1.54) is 42.7 Å². The fourth-order valence-electron chi connectivity index (χ4n) is 2.52. The van der Waals surface area contributed by atoms with Crippen LogP contribution in [0.4, 0.5) is 11.4 Å². The molecular weight excluding hydrogens is 460 g/mol. The van der Waals surface area contributed by atoms with Gasteiger partial charge in [0.1, 0.15) is 6.33 Å². The fourth-order valence-corrected chi connectivity index (χ4v) is 4.36. The number of nitrogens with zero attached hydrogens (tertiary/aromatic N) is 4. The number of carbonyl (C=O) groups excluding carboxylic acids is 2. The largest absolute Gasteiger partial charge is 0.322 e. The van der Waals surface area contributed by atoms with Crippen molar-refractivity contribution in [2.75, 3.05) is 5.32 Å². The number of sulfonamides is 1. The van der Waals surface area contributed by atoms with Crippen LogP contribution in [0, 0.1) is 10.1 Å². The SMILES string of the molecule is CC(=O)NS(=O)(=O)c1ccc(NC(=O)c2ccc(Sc3nncn3C)c([N+](=O)[O-])c2)cc1. The van der Waals surface area contributed by atoms with Gasteiger partial charge in [0.2, 0.25) is 5.91 Å². The summed E-state index contributed by atoms with van der Waals surface area (Å²) in [6.45, 7) is 1.07. The van der Waals surface area contributed by atoms with Gasteiger partial charge in [-0.15, -0.1) is 10.2 Å². The molecule has 0 aliphatic heterocycles. The smallest absolute Gasteiger partial charge is 0.284 e. The first-order chi connectivity index (χ1) is 15.1. The molecule has 0 unspecified atom stereocenters. The second kappa shape index (κ2) is 9.15. The van der Waals surface area contributed by atoms with Crippen LogP contribution in [-0.4, -0.2) is 39.9 Å². The highest BCUT2D eigenvalue weighted by atomic mass is 32.2. The molecule has 0 spiro atoms. The Hall–Kier alpha value is -3.78. The van der Waals surface area contributed by atoms with Crippen molar-refractivity contribution < 1.29 is 22.9 Å². The van der Waals surface area contributed by atoms with Crippen LogP contribution in [0.2, 0.25) is 0 Å². The Morgan fingerprint density at radius 3 is 2.41 bits per heavy atom. The summed E-state index contributed by atoms with van der Waals surface area (Å²) in [5.41, 5.74) is 0.0216. The van der Waals surface area contributed by atoms with Gasteiger partial charge in [-0.25, -0.2) is 13.1 Å². The lowest BCUT2D eigenvalue weighted by atomic mass is 10.2. The highest BCUT2D eigenvalue weighted by molar-refractivity contribution is 7.99. The Morgan fingerprint density at radius 1 is 1.16 bits per heavy atom. The van der Waals surface area contributed by atoms with E-state index < -0.39 is 26.8 Å². The van der Waals surface area contributed by atoms with E-state index in [2.05, 4.69) is 15.5 Å². The van der Waals surface area contributed by atoms with Crippen molar-refractivity contribution in [2.45, 2.75) is 21.9 Å². The first kappa shape index (κ1) is 22.9. The Labute approximate surface area is 186 Å². The number of amides is 2. The van der Waals surface area contributed by atoms with E-state index in [-0.39, 0.29) is 26.7 Å². The summed E-state index contributed by atoms with van der Waals surface area (Å²) < 4.78 is 27.4. The lowest BCUT2D eigenvalue weighted by molar-refractivity contribution is -0.387. The number of carbonyl (C=O) groups is 2. The van der Waals surface area contributed by atoms with E-state index in [1.54, 1.807) is 11.6 Å². The average Bonchev–Trinajstić information content (AvgIpc) is 3.12. The number of benzene rings is 2. The molecule has 32 heavy (non-hydrogen) atoms. The van der Waals surface area contributed by atoms with Crippen molar-refractivity contribution in [3.8, 4) is 0 Å². The molecule has 2 amide bonds. The van der Waals surface area contributed by atoms with Crippen molar-refractivity contribution in [2.24, 2.45) is 7.05 Å². The molecule has 2 N–H and O–H groups in total. The lowest BCUT2D eigenvalue weighted by Crippen LogP contribution is -2.28. The summed E-state index contributed by atoms with van der Waals surface area (Å²) in [6, 6.07) is 9.10. The molecule has 0 atom stereocenters. The molecule has 0 fully saturated rings. The number of anilines is 1. The maximum absolute atomic E-state index is 12.6. The first-order valence-corrected chi connectivity index (χ1v) is 11.1. The van der Waals surface area contributed by atoms with Gasteiger partial charge in [-0.1, -0.05) is 0 Å². The minimum Gasteiger partial charge on any atom is -0.322 e. The van der Waals surface area contributed by atoms with Gasteiger partial charge in [0.05, 0.1) is 14.7 Å². The predicted octanol–water partition coefficient (Wildman–Crippen LogP) is 1.95. The molecule has 0 saturated heterocycles. The van der Waals surface area contributed by atoms with Gasteiger partial charge in [-0.2, -0.15) is 0 Å². The summed E-state index contributed by atoms with van der Waals surface area (Å²) in [5, 5.41) is 22.1. The molecule has 1 heterocycles. The molecular formula is C18H16N6O6S2. The quantitative estimate of drug-likeness (QED) is 0.383. The maximum Gasteiger partial charge on any atom is 0.284 e. The van der Waals surface area contributed by atoms with Crippen LogP contribution in [0.15, 0.2) is 63.7 Å². The van der Waals surface area contributed by atoms with Gasteiger partial charge in [0, 0.05) is 31.3 Å². The standard InChI is InChI=1S/C18H16N6O6S2/c1-11(25)22-32(29,30)14-6-4-13(5-7-14)20-17(26)12-3-8-16(15(9-12)24(27)28)31-18-21-19-10-23(18)2/h3-10H,1-2H3,(H,20,26)(H,22,25). The lowest BCUT2D eigenvalue weighted by Gasteiger charge is -2.09. The summed E-state index contributed by atoms with van der Waals surface area (Å²) in [4.78, 5) is 34.6. The van der Waals surface area contributed by atoms with Gasteiger partial charge in [0.15, 0.2) is 5.16 Å². The minimum absolute atomic E-state index is 0.0361. The number of aromatic nitrogens is 3. The normalized spacial score (nSPS) is 11.1. The van der Waals surface area contributed by atoms with Gasteiger partial charge in [-0.05, 0) is 48.2 Å². The molecule has 1 aromatic heterocycles. The third-order valence-electron chi connectivity index (χ3n) is 3.99. The molecule has 0 bridgehead atoms. The van der Waals surface area contributed by atoms with E-state index in [0.717, 1.165) is 24.8 Å². The molecule has 2 aromatic carbocycles. The van der Waals surface area contributed by atoms with Crippen molar-refractivity contribution in [3.63, 3.8) is 0 Å². The van der Waals surface area contributed by atoms with Crippen LogP contribution >= 0.6 is 11.8 Å². The van der Waals surface area contributed by atoms with Crippen molar-refractivity contribution in [3.05, 3.63) is 64.5 Å². The number of nitro benzene ring substituents is 1. The second-order valence-electron chi connectivity index (χ2n) is 6.41. The number of hydrogen-bond donors (Lipinski definition) is 2. The minimum atomic E-state index is -4.00. The van der Waals surface area contributed by atoms with Crippen LogP contribution in [0.1, 0.15) is 17.3 Å². The van der Waals surface area contributed by atoms with Crippen LogP contribution in [0.25, 0.3) is 0 Å². The van der Waals surface area contributed by atoms with Crippen LogP contribution in [-0.2, 0) is 21.9 Å². The Bertz CT molecular complexity index is 1300. The number of aryl methyl sites for hydroxylation is 1. The predicted molar refractivity (Wildman–Crippen MR) is 114 cm³/mol. The van der Waals surface area contributed by atoms with E-state index in [0.29, 0.717) is 5.16 Å². The highest BCUT2D eigenvalue weighted by Crippen LogP contribution is 2.34. The molecule has 3 rings (SSSR count). The van der Waals surface area contributed by atoms with E-state index in [9.17, 15) is 28.1 Å². The zero-order valence-electron chi connectivity index (χ0n) is 16.7. The number of rotatable bonds is 7. The molecule has 0 radical (unpaired) electrons. The summed E-state index contributed by atoms with van der Waals surface area (Å²) >= 11 is 1.04. The van der Waals surface area contributed by atoms with Gasteiger partial charge in [-0.3, -0.25) is 19.7 Å². The summed E-state index contributed by atoms with van der Waals surface area (Å²) in [5.74, 6) is -1.36. The van der Waals surface area contributed by atoms with Gasteiger partial charge in [0.25, 0.3) is 21.6 Å². The number of nitro groups is 1. The third kappa shape index (κ3) is 5.28. The van der Waals surface area contributed by atoms with E-state index in [1.807, 2.05) is 4.72 Å². The Morgan fingerprint density at radius 2 is 1.84 bits per heavy atom. The topological polar surface area (TPSA) is 166 Å². The molecule has 14 heteroatoms. The monoisotopic (exact) mass is 476 g/mol. The van der Waals surface area contributed by atoms with Crippen LogP contribution in [0.3, 0.4) is 0 Å². The summed E-state index contributed by atoms with van der Waals surface area (Å²) in [6.07, 6.45) is 1.46. The first-order valence-electron chi connectivity index (χ1n) is 8.82. The Kier molecular flexibility index (Phi) is 6.55. The average molecular weight is 476 g/mol. The van der Waals surface area contributed by atoms with E-state index in [4.69, 9.17) is 0 Å². The second-order valence-corrected chi connectivity index (χ2v) is 9.10.